The Morgan fingerprint density at radius 3 is 2.75 bits per heavy atom. The van der Waals surface area contributed by atoms with E-state index in [-0.39, 0.29) is 12.1 Å². The maximum Gasteiger partial charge on any atom is 0.0744 e. The lowest BCUT2D eigenvalue weighted by Crippen LogP contribution is -2.46. The third-order valence-corrected chi connectivity index (χ3v) is 3.56. The lowest BCUT2D eigenvalue weighted by atomic mass is 10.0. The molecule has 2 unspecified atom stereocenters. The van der Waals surface area contributed by atoms with Gasteiger partial charge >= 0.3 is 0 Å². The molecule has 0 aromatic carbocycles. The van der Waals surface area contributed by atoms with Crippen LogP contribution in [0.4, 0.5) is 0 Å². The van der Waals surface area contributed by atoms with Crippen molar-refractivity contribution in [3.8, 4) is 0 Å². The Kier molecular flexibility index (Phi) is 5.46. The Labute approximate surface area is 99.7 Å². The molecule has 2 atom stereocenters. The topological polar surface area (TPSA) is 26.7 Å². The summed E-state index contributed by atoms with van der Waals surface area (Å²) in [5, 5.41) is 10.3. The van der Waals surface area contributed by atoms with Gasteiger partial charge in [0, 0.05) is 12.6 Å². The maximum absolute atomic E-state index is 10.3. The molecule has 0 radical (unpaired) electrons. The van der Waals surface area contributed by atoms with Crippen molar-refractivity contribution >= 4 is 0 Å². The van der Waals surface area contributed by atoms with Crippen LogP contribution in [0, 0.1) is 0 Å². The van der Waals surface area contributed by atoms with Gasteiger partial charge in [0.25, 0.3) is 0 Å². The highest BCUT2D eigenvalue weighted by Crippen LogP contribution is 2.16. The van der Waals surface area contributed by atoms with Crippen LogP contribution in [0.1, 0.15) is 26.2 Å². The standard InChI is InChI=1S/C13H26N2O/c1-5-11(2)9-13(16)12-10-14(3)7-6-8-15(12)4/h12-13,16H,2,5-10H2,1,3-4H3. The van der Waals surface area contributed by atoms with Crippen molar-refractivity contribution in [1.29, 1.82) is 0 Å². The molecule has 94 valence electrons. The minimum Gasteiger partial charge on any atom is -0.391 e. The summed E-state index contributed by atoms with van der Waals surface area (Å²) in [6.07, 6.45) is 2.60. The summed E-state index contributed by atoms with van der Waals surface area (Å²) in [4.78, 5) is 4.60. The van der Waals surface area contributed by atoms with Gasteiger partial charge in [-0.15, -0.1) is 0 Å². The number of hydrogen-bond donors (Lipinski definition) is 1. The summed E-state index contributed by atoms with van der Waals surface area (Å²) >= 11 is 0. The van der Waals surface area contributed by atoms with Crippen LogP contribution in [0.15, 0.2) is 12.2 Å². The molecule has 0 spiro atoms. The number of likely N-dealkylation sites (N-methyl/N-ethyl adjacent to an activating group) is 2. The van der Waals surface area contributed by atoms with Crippen molar-refractivity contribution < 1.29 is 5.11 Å². The minimum atomic E-state index is -0.280. The molecule has 0 amide bonds. The van der Waals surface area contributed by atoms with Gasteiger partial charge in [0.15, 0.2) is 0 Å². The highest BCUT2D eigenvalue weighted by molar-refractivity contribution is 4.98. The second-order valence-corrected chi connectivity index (χ2v) is 5.04. The number of aliphatic hydroxyl groups is 1. The first-order valence-corrected chi connectivity index (χ1v) is 6.28. The minimum absolute atomic E-state index is 0.246. The van der Waals surface area contributed by atoms with Crippen LogP contribution < -0.4 is 0 Å². The molecule has 0 saturated carbocycles. The first-order chi connectivity index (χ1) is 7.54. The normalized spacial score (nSPS) is 26.4. The third kappa shape index (κ3) is 3.89. The molecule has 1 saturated heterocycles. The van der Waals surface area contributed by atoms with Crippen molar-refractivity contribution in [2.75, 3.05) is 33.7 Å². The monoisotopic (exact) mass is 226 g/mol. The van der Waals surface area contributed by atoms with Gasteiger partial charge in [0.1, 0.15) is 0 Å². The Morgan fingerprint density at radius 2 is 2.12 bits per heavy atom. The van der Waals surface area contributed by atoms with E-state index < -0.39 is 0 Å². The average molecular weight is 226 g/mol. The Hall–Kier alpha value is -0.380. The fourth-order valence-electron chi connectivity index (χ4n) is 2.30. The Bertz CT molecular complexity index is 230. The Balaban J connectivity index is 2.56. The molecule has 1 heterocycles. The highest BCUT2D eigenvalue weighted by Gasteiger charge is 2.27. The van der Waals surface area contributed by atoms with E-state index in [2.05, 4.69) is 37.4 Å². The quantitative estimate of drug-likeness (QED) is 0.733. The molecule has 1 aliphatic heterocycles. The van der Waals surface area contributed by atoms with Crippen molar-refractivity contribution in [3.05, 3.63) is 12.2 Å². The van der Waals surface area contributed by atoms with Crippen molar-refractivity contribution in [2.24, 2.45) is 0 Å². The summed E-state index contributed by atoms with van der Waals surface area (Å²) in [5.41, 5.74) is 1.15. The molecule has 0 aliphatic carbocycles. The number of nitrogens with zero attached hydrogens (tertiary/aromatic N) is 2. The second-order valence-electron chi connectivity index (χ2n) is 5.04. The molecule has 1 N–H and O–H groups in total. The van der Waals surface area contributed by atoms with Crippen LogP contribution >= 0.6 is 0 Å². The van der Waals surface area contributed by atoms with Gasteiger partial charge < -0.3 is 10.0 Å². The van der Waals surface area contributed by atoms with Crippen LogP contribution in [0.2, 0.25) is 0 Å². The van der Waals surface area contributed by atoms with E-state index >= 15 is 0 Å². The first-order valence-electron chi connectivity index (χ1n) is 6.28. The van der Waals surface area contributed by atoms with Gasteiger partial charge in [-0.2, -0.15) is 0 Å². The Morgan fingerprint density at radius 1 is 1.44 bits per heavy atom. The van der Waals surface area contributed by atoms with Crippen molar-refractivity contribution in [3.63, 3.8) is 0 Å². The van der Waals surface area contributed by atoms with Crippen molar-refractivity contribution in [2.45, 2.75) is 38.3 Å². The van der Waals surface area contributed by atoms with Crippen LogP contribution in [0.5, 0.6) is 0 Å². The molecule has 16 heavy (non-hydrogen) atoms. The first kappa shape index (κ1) is 13.7. The number of aliphatic hydroxyl groups excluding tert-OH is 1. The van der Waals surface area contributed by atoms with Gasteiger partial charge in [-0.3, -0.25) is 4.90 Å². The molecular weight excluding hydrogens is 200 g/mol. The highest BCUT2D eigenvalue weighted by atomic mass is 16.3. The molecule has 3 nitrogen and oxygen atoms in total. The van der Waals surface area contributed by atoms with E-state index in [9.17, 15) is 5.11 Å². The summed E-state index contributed by atoms with van der Waals surface area (Å²) < 4.78 is 0. The van der Waals surface area contributed by atoms with Crippen molar-refractivity contribution in [1.82, 2.24) is 9.80 Å². The van der Waals surface area contributed by atoms with Gasteiger partial charge in [-0.1, -0.05) is 19.1 Å². The third-order valence-electron chi connectivity index (χ3n) is 3.56. The molecule has 3 heteroatoms. The average Bonchev–Trinajstić information content (AvgIpc) is 2.40. The van der Waals surface area contributed by atoms with E-state index in [1.54, 1.807) is 0 Å². The molecule has 1 aliphatic rings. The number of hydrogen-bond acceptors (Lipinski definition) is 3. The van der Waals surface area contributed by atoms with E-state index in [0.717, 1.165) is 38.0 Å². The lowest BCUT2D eigenvalue weighted by molar-refractivity contribution is 0.0578. The number of rotatable bonds is 4. The predicted molar refractivity (Wildman–Crippen MR) is 68.6 cm³/mol. The van der Waals surface area contributed by atoms with E-state index in [0.29, 0.717) is 0 Å². The van der Waals surface area contributed by atoms with E-state index in [4.69, 9.17) is 0 Å². The maximum atomic E-state index is 10.3. The smallest absolute Gasteiger partial charge is 0.0744 e. The summed E-state index contributed by atoms with van der Waals surface area (Å²) in [6, 6.07) is 0.246. The summed E-state index contributed by atoms with van der Waals surface area (Å²) in [6.45, 7) is 9.23. The SMILES string of the molecule is C=C(CC)CC(O)C1CN(C)CCCN1C. The van der Waals surface area contributed by atoms with Gasteiger partial charge in [-0.25, -0.2) is 0 Å². The van der Waals surface area contributed by atoms with E-state index in [1.165, 1.54) is 6.42 Å². The fourth-order valence-corrected chi connectivity index (χ4v) is 2.30. The zero-order valence-electron chi connectivity index (χ0n) is 10.9. The predicted octanol–water partition coefficient (Wildman–Crippen LogP) is 1.34. The molecular formula is C13H26N2O. The second kappa shape index (κ2) is 6.38. The fraction of sp³-hybridized carbons (Fsp3) is 0.846. The molecule has 0 aromatic rings. The molecule has 0 aromatic heterocycles. The largest absolute Gasteiger partial charge is 0.391 e. The van der Waals surface area contributed by atoms with Crippen LogP contribution in [-0.4, -0.2) is 60.8 Å². The van der Waals surface area contributed by atoms with Gasteiger partial charge in [-0.05, 0) is 46.4 Å². The van der Waals surface area contributed by atoms with Crippen LogP contribution in [-0.2, 0) is 0 Å². The molecule has 0 bridgehead atoms. The van der Waals surface area contributed by atoms with Gasteiger partial charge in [0.05, 0.1) is 6.10 Å². The molecule has 1 rings (SSSR count). The zero-order valence-corrected chi connectivity index (χ0v) is 10.9. The van der Waals surface area contributed by atoms with Gasteiger partial charge in [0.2, 0.25) is 0 Å². The molecule has 1 fully saturated rings. The van der Waals surface area contributed by atoms with Crippen LogP contribution in [0.25, 0.3) is 0 Å². The summed E-state index contributed by atoms with van der Waals surface area (Å²) in [7, 11) is 4.25. The van der Waals surface area contributed by atoms with E-state index in [1.807, 2.05) is 0 Å². The summed E-state index contributed by atoms with van der Waals surface area (Å²) in [5.74, 6) is 0. The zero-order chi connectivity index (χ0) is 12.1. The van der Waals surface area contributed by atoms with Crippen LogP contribution in [0.3, 0.4) is 0 Å². The lowest BCUT2D eigenvalue weighted by Gasteiger charge is -2.31.